The number of nitrogens with one attached hydrogen (secondary N) is 2. The largest absolute Gasteiger partial charge is 0.468 e. The first kappa shape index (κ1) is 25.0. The van der Waals surface area contributed by atoms with E-state index in [4.69, 9.17) is 9.47 Å². The highest BCUT2D eigenvalue weighted by atomic mass is 19.4. The van der Waals surface area contributed by atoms with Gasteiger partial charge in [-0.2, -0.15) is 13.2 Å². The Balaban J connectivity index is 2.30. The predicted octanol–water partition coefficient (Wildman–Crippen LogP) is 2.91. The van der Waals surface area contributed by atoms with E-state index in [1.54, 1.807) is 6.07 Å². The minimum absolute atomic E-state index is 0.0732. The van der Waals surface area contributed by atoms with Crippen LogP contribution in [0.3, 0.4) is 0 Å². The molecule has 0 unspecified atom stereocenters. The fourth-order valence-corrected chi connectivity index (χ4v) is 2.07. The van der Waals surface area contributed by atoms with E-state index in [9.17, 15) is 13.2 Å². The second-order valence-electron chi connectivity index (χ2n) is 6.11. The van der Waals surface area contributed by atoms with Gasteiger partial charge in [-0.25, -0.2) is 9.98 Å². The summed E-state index contributed by atoms with van der Waals surface area (Å²) in [6, 6.07) is 3.03. The molecule has 0 aliphatic carbocycles. The van der Waals surface area contributed by atoms with E-state index >= 15 is 0 Å². The van der Waals surface area contributed by atoms with Gasteiger partial charge in [0.15, 0.2) is 12.6 Å². The Morgan fingerprint density at radius 1 is 1.07 bits per heavy atom. The Morgan fingerprint density at radius 2 is 1.83 bits per heavy atom. The van der Waals surface area contributed by atoms with E-state index in [0.717, 1.165) is 25.0 Å². The molecule has 0 saturated heterocycles. The second-order valence-corrected chi connectivity index (χ2v) is 6.11. The lowest BCUT2D eigenvalue weighted by molar-refractivity contribution is -0.154. The number of aliphatic imine (C=N–C) groups is 1. The van der Waals surface area contributed by atoms with Crippen LogP contribution in [0.2, 0.25) is 0 Å². The van der Waals surface area contributed by atoms with Crippen LogP contribution in [0.15, 0.2) is 23.3 Å². The summed E-state index contributed by atoms with van der Waals surface area (Å²) in [6.45, 7) is 6.74. The number of rotatable bonds is 14. The van der Waals surface area contributed by atoms with Crippen molar-refractivity contribution in [2.75, 3.05) is 46.1 Å². The molecule has 0 aliphatic heterocycles. The highest BCUT2D eigenvalue weighted by Gasteiger charge is 2.28. The zero-order valence-corrected chi connectivity index (χ0v) is 17.1. The molecule has 0 aromatic carbocycles. The smallest absolute Gasteiger partial charge is 0.422 e. The fraction of sp³-hybridized carbons (Fsp3) is 0.684. The first-order valence-corrected chi connectivity index (χ1v) is 9.76. The maximum absolute atomic E-state index is 12.1. The van der Waals surface area contributed by atoms with Crippen molar-refractivity contribution in [3.8, 4) is 5.88 Å². The number of halogens is 3. The van der Waals surface area contributed by atoms with Crippen molar-refractivity contribution in [2.24, 2.45) is 4.99 Å². The molecule has 0 radical (unpaired) electrons. The zero-order valence-electron chi connectivity index (χ0n) is 17.1. The summed E-state index contributed by atoms with van der Waals surface area (Å²) in [4.78, 5) is 8.28. The maximum atomic E-state index is 12.1. The number of pyridine rings is 1. The molecule has 29 heavy (non-hydrogen) atoms. The lowest BCUT2D eigenvalue weighted by atomic mass is 10.3. The average molecular weight is 420 g/mol. The third-order valence-electron chi connectivity index (χ3n) is 3.50. The molecular formula is C19H31F3N4O3. The van der Waals surface area contributed by atoms with Crippen LogP contribution in [0.1, 0.15) is 32.3 Å². The summed E-state index contributed by atoms with van der Waals surface area (Å²) in [5, 5.41) is 6.27. The lowest BCUT2D eigenvalue weighted by Crippen LogP contribution is -2.39. The van der Waals surface area contributed by atoms with Crippen molar-refractivity contribution in [3.63, 3.8) is 0 Å². The molecule has 166 valence electrons. The van der Waals surface area contributed by atoms with Crippen LogP contribution in [-0.4, -0.2) is 63.2 Å². The van der Waals surface area contributed by atoms with Crippen LogP contribution in [0, 0.1) is 0 Å². The molecule has 0 atom stereocenters. The molecule has 1 aromatic rings. The molecule has 7 nitrogen and oxygen atoms in total. The Morgan fingerprint density at radius 3 is 2.45 bits per heavy atom. The van der Waals surface area contributed by atoms with Gasteiger partial charge in [0.25, 0.3) is 0 Å². The topological polar surface area (TPSA) is 77.0 Å². The molecule has 0 spiro atoms. The SMILES string of the molecule is CCCCOCCOCCNC(=NCc1ccc(OCC(F)(F)F)nc1)NCC. The third-order valence-corrected chi connectivity index (χ3v) is 3.50. The van der Waals surface area contributed by atoms with E-state index in [1.807, 2.05) is 6.92 Å². The number of unbranched alkanes of at least 4 members (excludes halogenated alkanes) is 1. The number of aromatic nitrogens is 1. The van der Waals surface area contributed by atoms with Gasteiger partial charge in [-0.1, -0.05) is 19.4 Å². The third kappa shape index (κ3) is 13.7. The Labute approximate surface area is 170 Å². The number of hydrogen-bond acceptors (Lipinski definition) is 5. The number of alkyl halides is 3. The van der Waals surface area contributed by atoms with E-state index < -0.39 is 12.8 Å². The van der Waals surface area contributed by atoms with Crippen molar-refractivity contribution >= 4 is 5.96 Å². The van der Waals surface area contributed by atoms with Crippen LogP contribution >= 0.6 is 0 Å². The van der Waals surface area contributed by atoms with E-state index in [0.29, 0.717) is 45.4 Å². The molecule has 2 N–H and O–H groups in total. The summed E-state index contributed by atoms with van der Waals surface area (Å²) >= 11 is 0. The van der Waals surface area contributed by atoms with Gasteiger partial charge in [0.2, 0.25) is 5.88 Å². The predicted molar refractivity (Wildman–Crippen MR) is 105 cm³/mol. The molecule has 1 heterocycles. The Bertz CT molecular complexity index is 569. The molecule has 10 heteroatoms. The quantitative estimate of drug-likeness (QED) is 0.274. The van der Waals surface area contributed by atoms with Crippen molar-refractivity contribution in [3.05, 3.63) is 23.9 Å². The average Bonchev–Trinajstić information content (AvgIpc) is 2.69. The zero-order chi connectivity index (χ0) is 21.4. The number of hydrogen-bond donors (Lipinski definition) is 2. The summed E-state index contributed by atoms with van der Waals surface area (Å²) in [5.41, 5.74) is 0.752. The first-order chi connectivity index (χ1) is 13.9. The van der Waals surface area contributed by atoms with Gasteiger partial charge in [0, 0.05) is 32.0 Å². The summed E-state index contributed by atoms with van der Waals surface area (Å²) in [6.07, 6.45) is -0.768. The molecule has 0 saturated carbocycles. The standard InChI is InChI=1S/C19H31F3N4O3/c1-3-5-9-27-11-12-28-10-8-24-18(23-4-2)26-14-16-6-7-17(25-13-16)29-15-19(20,21)22/h6-7,13H,3-5,8-12,14-15H2,1-2H3,(H2,23,24,26). The summed E-state index contributed by atoms with van der Waals surface area (Å²) in [7, 11) is 0. The van der Waals surface area contributed by atoms with Gasteiger partial charge in [0.1, 0.15) is 0 Å². The van der Waals surface area contributed by atoms with Crippen LogP contribution in [0.4, 0.5) is 13.2 Å². The highest BCUT2D eigenvalue weighted by Crippen LogP contribution is 2.17. The minimum atomic E-state index is -4.39. The number of ether oxygens (including phenoxy) is 3. The van der Waals surface area contributed by atoms with E-state index in [1.165, 1.54) is 12.3 Å². The Kier molecular flexibility index (Phi) is 12.8. The van der Waals surface area contributed by atoms with E-state index in [2.05, 4.69) is 32.3 Å². The first-order valence-electron chi connectivity index (χ1n) is 9.76. The minimum Gasteiger partial charge on any atom is -0.468 e. The van der Waals surface area contributed by atoms with Crippen LogP contribution in [0.25, 0.3) is 0 Å². The van der Waals surface area contributed by atoms with Crippen molar-refractivity contribution in [1.82, 2.24) is 15.6 Å². The monoisotopic (exact) mass is 420 g/mol. The van der Waals surface area contributed by atoms with Gasteiger partial charge in [-0.15, -0.1) is 0 Å². The van der Waals surface area contributed by atoms with Gasteiger partial charge >= 0.3 is 6.18 Å². The molecule has 0 fully saturated rings. The second kappa shape index (κ2) is 14.9. The van der Waals surface area contributed by atoms with Crippen LogP contribution in [0.5, 0.6) is 5.88 Å². The van der Waals surface area contributed by atoms with Crippen molar-refractivity contribution in [2.45, 2.75) is 39.4 Å². The lowest BCUT2D eigenvalue weighted by Gasteiger charge is -2.12. The van der Waals surface area contributed by atoms with Gasteiger partial charge in [-0.3, -0.25) is 0 Å². The summed E-state index contributed by atoms with van der Waals surface area (Å²) in [5.74, 6) is 0.545. The van der Waals surface area contributed by atoms with Crippen molar-refractivity contribution < 1.29 is 27.4 Å². The molecule has 1 aromatic heterocycles. The highest BCUT2D eigenvalue weighted by molar-refractivity contribution is 5.79. The number of guanidine groups is 1. The Hall–Kier alpha value is -2.07. The van der Waals surface area contributed by atoms with Crippen LogP contribution < -0.4 is 15.4 Å². The van der Waals surface area contributed by atoms with Gasteiger partial charge < -0.3 is 24.8 Å². The molecule has 0 aliphatic rings. The number of nitrogens with zero attached hydrogens (tertiary/aromatic N) is 2. The normalized spacial score (nSPS) is 12.1. The van der Waals surface area contributed by atoms with E-state index in [-0.39, 0.29) is 5.88 Å². The summed E-state index contributed by atoms with van der Waals surface area (Å²) < 4.78 is 51.9. The van der Waals surface area contributed by atoms with Crippen LogP contribution in [-0.2, 0) is 16.0 Å². The maximum Gasteiger partial charge on any atom is 0.422 e. The molecule has 0 amide bonds. The molecular weight excluding hydrogens is 389 g/mol. The molecule has 0 bridgehead atoms. The van der Waals surface area contributed by atoms with Gasteiger partial charge in [0.05, 0.1) is 26.4 Å². The van der Waals surface area contributed by atoms with Gasteiger partial charge in [-0.05, 0) is 18.9 Å². The molecule has 1 rings (SSSR count). The fourth-order valence-electron chi connectivity index (χ4n) is 2.07. The van der Waals surface area contributed by atoms with Crippen molar-refractivity contribution in [1.29, 1.82) is 0 Å².